The van der Waals surface area contributed by atoms with Crippen molar-refractivity contribution in [1.82, 2.24) is 24.9 Å². The van der Waals surface area contributed by atoms with Gasteiger partial charge in [0.2, 0.25) is 11.8 Å². The molecule has 0 unspecified atom stereocenters. The summed E-state index contributed by atoms with van der Waals surface area (Å²) in [5.74, 6) is -0.326. The Morgan fingerprint density at radius 1 is 1.39 bits per heavy atom. The monoisotopic (exact) mass is 319 g/mol. The van der Waals surface area contributed by atoms with Crippen LogP contribution >= 0.6 is 0 Å². The molecule has 0 spiro atoms. The lowest BCUT2D eigenvalue weighted by Crippen LogP contribution is -2.55. The van der Waals surface area contributed by atoms with E-state index in [2.05, 4.69) is 10.4 Å². The first-order chi connectivity index (χ1) is 11.0. The zero-order valence-corrected chi connectivity index (χ0v) is 13.4. The van der Waals surface area contributed by atoms with Gasteiger partial charge in [0.15, 0.2) is 0 Å². The Bertz CT molecular complexity index is 641. The lowest BCUT2D eigenvalue weighted by atomic mass is 10.1. The average molecular weight is 319 g/mol. The number of rotatable bonds is 3. The molecule has 1 aromatic heterocycles. The van der Waals surface area contributed by atoms with Gasteiger partial charge in [0.25, 0.3) is 5.91 Å². The van der Waals surface area contributed by atoms with Gasteiger partial charge in [-0.15, -0.1) is 0 Å². The van der Waals surface area contributed by atoms with E-state index < -0.39 is 0 Å². The van der Waals surface area contributed by atoms with Crippen molar-refractivity contribution >= 4 is 17.7 Å². The van der Waals surface area contributed by atoms with Gasteiger partial charge in [-0.3, -0.25) is 19.1 Å². The standard InChI is InChI=1S/C15H21N5O3/c1-3-20-13(4-5-16-20)15(23)18-8-12-6-11(17-10(2)21)7-19(12)14(22)9-18/h4-5,11-12H,3,6-9H2,1-2H3,(H,17,21)/t11-,12-/m0/s1. The minimum absolute atomic E-state index is 0.0299. The maximum Gasteiger partial charge on any atom is 0.272 e. The van der Waals surface area contributed by atoms with E-state index in [0.717, 1.165) is 0 Å². The Balaban J connectivity index is 1.72. The second-order valence-electron chi connectivity index (χ2n) is 6.05. The third kappa shape index (κ3) is 2.93. The van der Waals surface area contributed by atoms with Crippen LogP contribution in [0.4, 0.5) is 0 Å². The quantitative estimate of drug-likeness (QED) is 0.811. The van der Waals surface area contributed by atoms with E-state index in [4.69, 9.17) is 0 Å². The second-order valence-corrected chi connectivity index (χ2v) is 6.05. The van der Waals surface area contributed by atoms with Crippen LogP contribution in [0.5, 0.6) is 0 Å². The molecular weight excluding hydrogens is 298 g/mol. The fourth-order valence-electron chi connectivity index (χ4n) is 3.44. The Hall–Kier alpha value is -2.38. The zero-order chi connectivity index (χ0) is 16.6. The summed E-state index contributed by atoms with van der Waals surface area (Å²) in [5.41, 5.74) is 0.505. The fraction of sp³-hybridized carbons (Fsp3) is 0.600. The van der Waals surface area contributed by atoms with Gasteiger partial charge in [0.1, 0.15) is 12.2 Å². The van der Waals surface area contributed by atoms with Crippen molar-refractivity contribution < 1.29 is 14.4 Å². The molecule has 8 heteroatoms. The molecule has 0 aliphatic carbocycles. The summed E-state index contributed by atoms with van der Waals surface area (Å²) in [6.07, 6.45) is 2.28. The normalized spacial score (nSPS) is 23.8. The molecule has 8 nitrogen and oxygen atoms in total. The van der Waals surface area contributed by atoms with Crippen LogP contribution in [-0.2, 0) is 16.1 Å². The predicted octanol–water partition coefficient (Wildman–Crippen LogP) is -0.536. The number of hydrogen-bond donors (Lipinski definition) is 1. The highest BCUT2D eigenvalue weighted by molar-refractivity contribution is 5.96. The molecule has 0 saturated carbocycles. The van der Waals surface area contributed by atoms with Crippen molar-refractivity contribution in [3.05, 3.63) is 18.0 Å². The lowest BCUT2D eigenvalue weighted by Gasteiger charge is -2.36. The number of carbonyl (C=O) groups is 3. The highest BCUT2D eigenvalue weighted by Gasteiger charge is 2.42. The van der Waals surface area contributed by atoms with Crippen LogP contribution in [0.2, 0.25) is 0 Å². The van der Waals surface area contributed by atoms with Crippen LogP contribution in [0, 0.1) is 0 Å². The van der Waals surface area contributed by atoms with Gasteiger partial charge in [-0.05, 0) is 19.4 Å². The maximum atomic E-state index is 12.7. The summed E-state index contributed by atoms with van der Waals surface area (Å²) >= 11 is 0. The summed E-state index contributed by atoms with van der Waals surface area (Å²) in [4.78, 5) is 39.6. The van der Waals surface area contributed by atoms with Crippen molar-refractivity contribution in [2.75, 3.05) is 19.6 Å². The molecule has 124 valence electrons. The molecular formula is C15H21N5O3. The average Bonchev–Trinajstić information content (AvgIpc) is 3.11. The van der Waals surface area contributed by atoms with E-state index in [1.807, 2.05) is 6.92 Å². The van der Waals surface area contributed by atoms with Crippen LogP contribution in [0.15, 0.2) is 12.3 Å². The molecule has 3 heterocycles. The van der Waals surface area contributed by atoms with Gasteiger partial charge in [0.05, 0.1) is 6.04 Å². The molecule has 2 aliphatic heterocycles. The minimum Gasteiger partial charge on any atom is -0.352 e. The number of hydrogen-bond acceptors (Lipinski definition) is 4. The fourth-order valence-corrected chi connectivity index (χ4v) is 3.44. The van der Waals surface area contributed by atoms with Gasteiger partial charge in [-0.1, -0.05) is 0 Å². The number of amides is 3. The first-order valence-corrected chi connectivity index (χ1v) is 7.87. The Morgan fingerprint density at radius 2 is 2.17 bits per heavy atom. The molecule has 0 aromatic carbocycles. The van der Waals surface area contributed by atoms with Gasteiger partial charge in [-0.25, -0.2) is 0 Å². The molecule has 2 saturated heterocycles. The number of carbonyl (C=O) groups excluding carboxylic acids is 3. The Morgan fingerprint density at radius 3 is 2.87 bits per heavy atom. The SMILES string of the molecule is CCn1nccc1C(=O)N1CC(=O)N2C[C@@H](NC(C)=O)C[C@H]2C1. The molecule has 2 atom stereocenters. The largest absolute Gasteiger partial charge is 0.352 e. The molecule has 0 bridgehead atoms. The number of piperazine rings is 1. The topological polar surface area (TPSA) is 87.5 Å². The number of aryl methyl sites for hydroxylation is 1. The lowest BCUT2D eigenvalue weighted by molar-refractivity contribution is -0.136. The van der Waals surface area contributed by atoms with E-state index in [1.54, 1.807) is 26.7 Å². The van der Waals surface area contributed by atoms with Crippen LogP contribution in [-0.4, -0.2) is 69.0 Å². The summed E-state index contributed by atoms with van der Waals surface area (Å²) < 4.78 is 1.63. The number of aromatic nitrogens is 2. The Labute approximate surface area is 134 Å². The zero-order valence-electron chi connectivity index (χ0n) is 13.4. The molecule has 1 aromatic rings. The van der Waals surface area contributed by atoms with E-state index in [-0.39, 0.29) is 36.3 Å². The molecule has 2 aliphatic rings. The summed E-state index contributed by atoms with van der Waals surface area (Å²) in [5, 5.41) is 6.97. The van der Waals surface area contributed by atoms with Crippen LogP contribution < -0.4 is 5.32 Å². The van der Waals surface area contributed by atoms with E-state index in [0.29, 0.717) is 31.7 Å². The van der Waals surface area contributed by atoms with Crippen molar-refractivity contribution in [3.8, 4) is 0 Å². The van der Waals surface area contributed by atoms with Gasteiger partial charge < -0.3 is 15.1 Å². The summed E-state index contributed by atoms with van der Waals surface area (Å²) in [7, 11) is 0. The molecule has 23 heavy (non-hydrogen) atoms. The summed E-state index contributed by atoms with van der Waals surface area (Å²) in [6.45, 7) is 5.10. The molecule has 3 rings (SSSR count). The maximum absolute atomic E-state index is 12.7. The van der Waals surface area contributed by atoms with E-state index >= 15 is 0 Å². The van der Waals surface area contributed by atoms with Crippen LogP contribution in [0.25, 0.3) is 0 Å². The smallest absolute Gasteiger partial charge is 0.272 e. The van der Waals surface area contributed by atoms with Gasteiger partial charge >= 0.3 is 0 Å². The Kier molecular flexibility index (Phi) is 4.06. The predicted molar refractivity (Wildman–Crippen MR) is 81.5 cm³/mol. The van der Waals surface area contributed by atoms with Gasteiger partial charge in [-0.2, -0.15) is 5.10 Å². The third-order valence-electron chi connectivity index (χ3n) is 4.42. The van der Waals surface area contributed by atoms with Crippen LogP contribution in [0.1, 0.15) is 30.8 Å². The molecule has 2 fully saturated rings. The third-order valence-corrected chi connectivity index (χ3v) is 4.42. The van der Waals surface area contributed by atoms with Gasteiger partial charge in [0, 0.05) is 38.8 Å². The van der Waals surface area contributed by atoms with Crippen molar-refractivity contribution in [2.45, 2.75) is 38.9 Å². The van der Waals surface area contributed by atoms with Crippen molar-refractivity contribution in [3.63, 3.8) is 0 Å². The van der Waals surface area contributed by atoms with E-state index in [9.17, 15) is 14.4 Å². The second kappa shape index (κ2) is 6.02. The molecule has 3 amide bonds. The van der Waals surface area contributed by atoms with Crippen molar-refractivity contribution in [2.24, 2.45) is 0 Å². The first-order valence-electron chi connectivity index (χ1n) is 7.87. The first kappa shape index (κ1) is 15.5. The molecule has 1 N–H and O–H groups in total. The minimum atomic E-state index is -0.166. The number of fused-ring (bicyclic) bond motifs is 1. The van der Waals surface area contributed by atoms with Crippen molar-refractivity contribution in [1.29, 1.82) is 0 Å². The van der Waals surface area contributed by atoms with E-state index in [1.165, 1.54) is 6.92 Å². The number of nitrogens with one attached hydrogen (secondary N) is 1. The number of nitrogens with zero attached hydrogens (tertiary/aromatic N) is 4. The van der Waals surface area contributed by atoms with Crippen LogP contribution in [0.3, 0.4) is 0 Å². The molecule has 0 radical (unpaired) electrons. The highest BCUT2D eigenvalue weighted by Crippen LogP contribution is 2.24. The summed E-state index contributed by atoms with van der Waals surface area (Å²) in [6, 6.07) is 1.62. The highest BCUT2D eigenvalue weighted by atomic mass is 16.2.